The lowest BCUT2D eigenvalue weighted by Crippen LogP contribution is -2.51. The summed E-state index contributed by atoms with van der Waals surface area (Å²) in [6.45, 7) is 10.3. The minimum atomic E-state index is 0.00487. The highest BCUT2D eigenvalue weighted by Crippen LogP contribution is 2.17. The molecule has 0 atom stereocenters. The van der Waals surface area contributed by atoms with Gasteiger partial charge in [0.05, 0.1) is 12.2 Å². The van der Waals surface area contributed by atoms with Gasteiger partial charge in [-0.05, 0) is 26.3 Å². The SMILES string of the molecule is CC(C)N1CCCn2nc(C(=O)N3CCN(CC(=O)N(C)C)CC3)cc2C1. The summed E-state index contributed by atoms with van der Waals surface area (Å²) in [5.74, 6) is 0.104. The predicted molar refractivity (Wildman–Crippen MR) is 103 cm³/mol. The summed E-state index contributed by atoms with van der Waals surface area (Å²) < 4.78 is 2.00. The standard InChI is InChI=1S/C19H32N6O2/c1-15(2)24-6-5-7-25-16(13-24)12-17(20-25)19(27)23-10-8-22(9-11-23)14-18(26)21(3)4/h12,15H,5-11,13-14H2,1-4H3. The average molecular weight is 377 g/mol. The molecule has 2 amide bonds. The number of nitrogens with zero attached hydrogens (tertiary/aromatic N) is 6. The second-order valence-electron chi connectivity index (χ2n) is 8.02. The zero-order valence-electron chi connectivity index (χ0n) is 17.0. The van der Waals surface area contributed by atoms with Gasteiger partial charge in [-0.15, -0.1) is 0 Å². The van der Waals surface area contributed by atoms with Gasteiger partial charge in [-0.1, -0.05) is 0 Å². The molecule has 0 N–H and O–H groups in total. The van der Waals surface area contributed by atoms with E-state index in [9.17, 15) is 9.59 Å². The summed E-state index contributed by atoms with van der Waals surface area (Å²) in [6, 6.07) is 2.45. The van der Waals surface area contributed by atoms with Crippen molar-refractivity contribution in [3.05, 3.63) is 17.5 Å². The number of rotatable bonds is 4. The van der Waals surface area contributed by atoms with Gasteiger partial charge < -0.3 is 9.80 Å². The molecule has 8 nitrogen and oxygen atoms in total. The Bertz CT molecular complexity index is 676. The van der Waals surface area contributed by atoms with E-state index in [1.165, 1.54) is 0 Å². The van der Waals surface area contributed by atoms with E-state index >= 15 is 0 Å². The van der Waals surface area contributed by atoms with Gasteiger partial charge in [0.15, 0.2) is 5.69 Å². The molecule has 3 rings (SSSR count). The van der Waals surface area contributed by atoms with E-state index in [1.807, 2.05) is 15.6 Å². The minimum absolute atomic E-state index is 0.00487. The first-order valence-electron chi connectivity index (χ1n) is 9.87. The first-order valence-corrected chi connectivity index (χ1v) is 9.87. The van der Waals surface area contributed by atoms with Crippen LogP contribution >= 0.6 is 0 Å². The van der Waals surface area contributed by atoms with Gasteiger partial charge in [0.1, 0.15) is 0 Å². The molecular weight excluding hydrogens is 344 g/mol. The van der Waals surface area contributed by atoms with Crippen molar-refractivity contribution in [2.45, 2.75) is 39.4 Å². The molecule has 1 aromatic heterocycles. The van der Waals surface area contributed by atoms with E-state index in [0.29, 0.717) is 31.4 Å². The van der Waals surface area contributed by atoms with Crippen LogP contribution in [-0.4, -0.2) is 101 Å². The van der Waals surface area contributed by atoms with Crippen molar-refractivity contribution >= 4 is 11.8 Å². The molecular formula is C19H32N6O2. The van der Waals surface area contributed by atoms with Crippen molar-refractivity contribution in [1.82, 2.24) is 29.4 Å². The lowest BCUT2D eigenvalue weighted by Gasteiger charge is -2.34. The molecule has 3 heterocycles. The van der Waals surface area contributed by atoms with Crippen LogP contribution in [0, 0.1) is 0 Å². The summed E-state index contributed by atoms with van der Waals surface area (Å²) >= 11 is 0. The number of aryl methyl sites for hydroxylation is 1. The number of carbonyl (C=O) groups is 2. The maximum Gasteiger partial charge on any atom is 0.274 e. The molecule has 0 unspecified atom stereocenters. The number of hydrogen-bond donors (Lipinski definition) is 0. The molecule has 1 saturated heterocycles. The van der Waals surface area contributed by atoms with E-state index in [-0.39, 0.29) is 11.8 Å². The first-order chi connectivity index (χ1) is 12.8. The van der Waals surface area contributed by atoms with Crippen LogP contribution in [0.2, 0.25) is 0 Å². The number of aromatic nitrogens is 2. The maximum atomic E-state index is 12.9. The average Bonchev–Trinajstić information content (AvgIpc) is 2.92. The number of likely N-dealkylation sites (N-methyl/N-ethyl adjacent to an activating group) is 1. The van der Waals surface area contributed by atoms with Gasteiger partial charge >= 0.3 is 0 Å². The van der Waals surface area contributed by atoms with Gasteiger partial charge in [-0.3, -0.25) is 24.1 Å². The fraction of sp³-hybridized carbons (Fsp3) is 0.737. The van der Waals surface area contributed by atoms with Crippen molar-refractivity contribution in [3.63, 3.8) is 0 Å². The minimum Gasteiger partial charge on any atom is -0.348 e. The fourth-order valence-corrected chi connectivity index (χ4v) is 3.64. The Morgan fingerprint density at radius 2 is 1.81 bits per heavy atom. The Labute approximate surface area is 161 Å². The topological polar surface area (TPSA) is 64.9 Å². The van der Waals surface area contributed by atoms with E-state index in [0.717, 1.165) is 44.8 Å². The molecule has 1 fully saturated rings. The molecule has 0 saturated carbocycles. The van der Waals surface area contributed by atoms with Crippen LogP contribution in [0.4, 0.5) is 0 Å². The van der Waals surface area contributed by atoms with Gasteiger partial charge in [0.25, 0.3) is 5.91 Å². The lowest BCUT2D eigenvalue weighted by molar-refractivity contribution is -0.130. The van der Waals surface area contributed by atoms with E-state index in [1.54, 1.807) is 19.0 Å². The van der Waals surface area contributed by atoms with E-state index < -0.39 is 0 Å². The summed E-state index contributed by atoms with van der Waals surface area (Å²) in [5.41, 5.74) is 1.67. The highest BCUT2D eigenvalue weighted by atomic mass is 16.2. The largest absolute Gasteiger partial charge is 0.348 e. The number of piperazine rings is 1. The summed E-state index contributed by atoms with van der Waals surface area (Å²) in [5, 5.41) is 4.59. The quantitative estimate of drug-likeness (QED) is 0.758. The summed E-state index contributed by atoms with van der Waals surface area (Å²) in [6.07, 6.45) is 1.05. The number of amides is 2. The highest BCUT2D eigenvalue weighted by molar-refractivity contribution is 5.92. The monoisotopic (exact) mass is 376 g/mol. The van der Waals surface area contributed by atoms with E-state index in [4.69, 9.17) is 0 Å². The van der Waals surface area contributed by atoms with Crippen LogP contribution in [-0.2, 0) is 17.9 Å². The van der Waals surface area contributed by atoms with Crippen LogP contribution in [0.15, 0.2) is 6.07 Å². The Morgan fingerprint density at radius 1 is 1.11 bits per heavy atom. The summed E-state index contributed by atoms with van der Waals surface area (Å²) in [7, 11) is 3.54. The molecule has 0 spiro atoms. The van der Waals surface area contributed by atoms with Crippen molar-refractivity contribution in [2.24, 2.45) is 0 Å². The van der Waals surface area contributed by atoms with Crippen LogP contribution in [0.25, 0.3) is 0 Å². The normalized spacial score (nSPS) is 19.1. The third-order valence-electron chi connectivity index (χ3n) is 5.51. The molecule has 2 aliphatic heterocycles. The van der Waals surface area contributed by atoms with Crippen molar-refractivity contribution < 1.29 is 9.59 Å². The van der Waals surface area contributed by atoms with Crippen LogP contribution in [0.3, 0.4) is 0 Å². The first kappa shape index (κ1) is 19.8. The van der Waals surface area contributed by atoms with Crippen LogP contribution in [0.5, 0.6) is 0 Å². The molecule has 1 aromatic rings. The molecule has 8 heteroatoms. The van der Waals surface area contributed by atoms with Crippen molar-refractivity contribution in [1.29, 1.82) is 0 Å². The molecule has 0 radical (unpaired) electrons. The lowest BCUT2D eigenvalue weighted by atomic mass is 10.2. The molecule has 150 valence electrons. The van der Waals surface area contributed by atoms with E-state index in [2.05, 4.69) is 28.7 Å². The third-order valence-corrected chi connectivity index (χ3v) is 5.51. The Morgan fingerprint density at radius 3 is 2.44 bits per heavy atom. The fourth-order valence-electron chi connectivity index (χ4n) is 3.64. The number of fused-ring (bicyclic) bond motifs is 1. The second-order valence-corrected chi connectivity index (χ2v) is 8.02. The zero-order chi connectivity index (χ0) is 19.6. The second kappa shape index (κ2) is 8.39. The molecule has 27 heavy (non-hydrogen) atoms. The van der Waals surface area contributed by atoms with Gasteiger partial charge in [-0.2, -0.15) is 5.10 Å². The molecule has 2 aliphatic rings. The van der Waals surface area contributed by atoms with Gasteiger partial charge in [0.2, 0.25) is 5.91 Å². The number of hydrogen-bond acceptors (Lipinski definition) is 5. The predicted octanol–water partition coefficient (Wildman–Crippen LogP) is 0.343. The van der Waals surface area contributed by atoms with Crippen LogP contribution < -0.4 is 0 Å². The Hall–Kier alpha value is -1.93. The molecule has 0 bridgehead atoms. The van der Waals surface area contributed by atoms with Crippen molar-refractivity contribution in [3.8, 4) is 0 Å². The maximum absolute atomic E-state index is 12.9. The third kappa shape index (κ3) is 4.68. The van der Waals surface area contributed by atoms with Crippen molar-refractivity contribution in [2.75, 3.05) is 53.4 Å². The number of carbonyl (C=O) groups excluding carboxylic acids is 2. The highest BCUT2D eigenvalue weighted by Gasteiger charge is 2.27. The zero-order valence-corrected chi connectivity index (χ0v) is 17.0. The van der Waals surface area contributed by atoms with Gasteiger partial charge in [0, 0.05) is 66.0 Å². The Kier molecular flexibility index (Phi) is 6.16. The molecule has 0 aliphatic carbocycles. The molecule has 0 aromatic carbocycles. The van der Waals surface area contributed by atoms with Gasteiger partial charge in [-0.25, -0.2) is 0 Å². The summed E-state index contributed by atoms with van der Waals surface area (Å²) in [4.78, 5) is 32.7. The smallest absolute Gasteiger partial charge is 0.274 e. The van der Waals surface area contributed by atoms with Crippen LogP contribution in [0.1, 0.15) is 36.5 Å². The Balaban J connectivity index is 1.60.